The Labute approximate surface area is 117 Å². The molecule has 1 aromatic carbocycles. The van der Waals surface area contributed by atoms with Gasteiger partial charge in [0.15, 0.2) is 0 Å². The minimum atomic E-state index is -0.0505. The summed E-state index contributed by atoms with van der Waals surface area (Å²) in [6, 6.07) is 6.63. The average molecular weight is 310 g/mol. The van der Waals surface area contributed by atoms with E-state index in [-0.39, 0.29) is 11.2 Å². The number of aryl methyl sites for hydroxylation is 1. The summed E-state index contributed by atoms with van der Waals surface area (Å²) < 4.78 is 7.60. The van der Waals surface area contributed by atoms with Crippen molar-refractivity contribution in [3.05, 3.63) is 33.8 Å². The fourth-order valence-electron chi connectivity index (χ4n) is 3.29. The Morgan fingerprint density at radius 1 is 1.22 bits per heavy atom. The van der Waals surface area contributed by atoms with Crippen LogP contribution < -0.4 is 5.32 Å². The molecule has 98 valence electrons. The number of halogens is 1. The molecule has 3 rings (SSSR count). The van der Waals surface area contributed by atoms with Gasteiger partial charge in [-0.15, -0.1) is 0 Å². The molecule has 1 heterocycles. The molecule has 0 radical (unpaired) electrons. The molecule has 1 aliphatic heterocycles. The first-order valence-corrected chi connectivity index (χ1v) is 7.46. The van der Waals surface area contributed by atoms with Gasteiger partial charge in [-0.2, -0.15) is 0 Å². The lowest BCUT2D eigenvalue weighted by Crippen LogP contribution is -2.60. The van der Waals surface area contributed by atoms with Gasteiger partial charge in [0, 0.05) is 24.0 Å². The highest BCUT2D eigenvalue weighted by Gasteiger charge is 2.42. The molecule has 1 aliphatic carbocycles. The van der Waals surface area contributed by atoms with Crippen molar-refractivity contribution in [3.8, 4) is 0 Å². The highest BCUT2D eigenvalue weighted by atomic mass is 79.9. The van der Waals surface area contributed by atoms with Crippen molar-refractivity contribution in [2.24, 2.45) is 0 Å². The summed E-state index contributed by atoms with van der Waals surface area (Å²) in [6.45, 7) is 6.28. The van der Waals surface area contributed by atoms with E-state index in [0.29, 0.717) is 0 Å². The predicted molar refractivity (Wildman–Crippen MR) is 76.9 cm³/mol. The zero-order chi connectivity index (χ0) is 12.8. The maximum atomic E-state index is 6.42. The van der Waals surface area contributed by atoms with Crippen LogP contribution in [0.2, 0.25) is 0 Å². The molecule has 1 atom stereocenters. The summed E-state index contributed by atoms with van der Waals surface area (Å²) in [5, 5.41) is 3.54. The van der Waals surface area contributed by atoms with Crippen LogP contribution in [0.4, 0.5) is 0 Å². The van der Waals surface area contributed by atoms with Crippen molar-refractivity contribution in [2.75, 3.05) is 13.1 Å². The van der Waals surface area contributed by atoms with Crippen LogP contribution in [-0.2, 0) is 17.6 Å². The van der Waals surface area contributed by atoms with Gasteiger partial charge in [0.2, 0.25) is 0 Å². The van der Waals surface area contributed by atoms with Gasteiger partial charge in [0.1, 0.15) is 0 Å². The lowest BCUT2D eigenvalue weighted by atomic mass is 9.78. The van der Waals surface area contributed by atoms with Crippen LogP contribution in [0.15, 0.2) is 22.7 Å². The summed E-state index contributed by atoms with van der Waals surface area (Å²) in [6.07, 6.45) is 3.27. The van der Waals surface area contributed by atoms with Gasteiger partial charge in [-0.05, 0) is 49.9 Å². The van der Waals surface area contributed by atoms with Crippen LogP contribution in [0.25, 0.3) is 0 Å². The molecular weight excluding hydrogens is 290 g/mol. The quantitative estimate of drug-likeness (QED) is 0.795. The standard InChI is InChI=1S/C15H20BrNO/c1-14(2)9-17-10-15(18-14)6-5-11-7-13(16)4-3-12(11)8-15/h3-4,7,17H,5-6,8-10H2,1-2H3. The molecule has 1 unspecified atom stereocenters. The van der Waals surface area contributed by atoms with Gasteiger partial charge in [0.05, 0.1) is 11.2 Å². The average Bonchev–Trinajstić information content (AvgIpc) is 2.28. The first kappa shape index (κ1) is 12.6. The number of benzene rings is 1. The highest BCUT2D eigenvalue weighted by Crippen LogP contribution is 2.37. The molecular formula is C15H20BrNO. The van der Waals surface area contributed by atoms with E-state index in [4.69, 9.17) is 4.74 Å². The zero-order valence-corrected chi connectivity index (χ0v) is 12.6. The number of ether oxygens (including phenoxy) is 1. The molecule has 0 aromatic heterocycles. The Morgan fingerprint density at radius 2 is 2.06 bits per heavy atom. The predicted octanol–water partition coefficient (Wildman–Crippen LogP) is 3.08. The van der Waals surface area contributed by atoms with Gasteiger partial charge in [-0.3, -0.25) is 0 Å². The third-order valence-corrected chi connectivity index (χ3v) is 4.51. The van der Waals surface area contributed by atoms with Gasteiger partial charge in [-0.25, -0.2) is 0 Å². The molecule has 2 aliphatic rings. The Balaban J connectivity index is 1.88. The monoisotopic (exact) mass is 309 g/mol. The molecule has 1 fully saturated rings. The second-order valence-electron chi connectivity index (χ2n) is 6.24. The molecule has 2 nitrogen and oxygen atoms in total. The van der Waals surface area contributed by atoms with Crippen LogP contribution in [0.5, 0.6) is 0 Å². The van der Waals surface area contributed by atoms with Gasteiger partial charge >= 0.3 is 0 Å². The normalized spacial score (nSPS) is 30.2. The molecule has 1 saturated heterocycles. The summed E-state index contributed by atoms with van der Waals surface area (Å²) >= 11 is 3.55. The van der Waals surface area contributed by atoms with E-state index in [1.54, 1.807) is 0 Å². The van der Waals surface area contributed by atoms with Crippen molar-refractivity contribution < 1.29 is 4.74 Å². The van der Waals surface area contributed by atoms with Gasteiger partial charge in [-0.1, -0.05) is 22.0 Å². The summed E-state index contributed by atoms with van der Waals surface area (Å²) in [4.78, 5) is 0. The number of hydrogen-bond donors (Lipinski definition) is 1. The SMILES string of the molecule is CC1(C)CNCC2(CCc3cc(Br)ccc3C2)O1. The van der Waals surface area contributed by atoms with E-state index < -0.39 is 0 Å². The highest BCUT2D eigenvalue weighted by molar-refractivity contribution is 9.10. The lowest BCUT2D eigenvalue weighted by molar-refractivity contribution is -0.166. The third kappa shape index (κ3) is 2.36. The Morgan fingerprint density at radius 3 is 2.83 bits per heavy atom. The molecule has 0 saturated carbocycles. The number of hydrogen-bond acceptors (Lipinski definition) is 2. The molecule has 1 aromatic rings. The fourth-order valence-corrected chi connectivity index (χ4v) is 3.69. The Hall–Kier alpha value is -0.380. The number of rotatable bonds is 0. The van der Waals surface area contributed by atoms with Crippen molar-refractivity contribution in [2.45, 2.75) is 44.3 Å². The molecule has 0 bridgehead atoms. The van der Waals surface area contributed by atoms with E-state index >= 15 is 0 Å². The number of fused-ring (bicyclic) bond motifs is 1. The maximum Gasteiger partial charge on any atom is 0.0857 e. The molecule has 3 heteroatoms. The first-order valence-electron chi connectivity index (χ1n) is 6.66. The molecule has 0 amide bonds. The second kappa shape index (κ2) is 4.32. The topological polar surface area (TPSA) is 21.3 Å². The number of morpholine rings is 1. The second-order valence-corrected chi connectivity index (χ2v) is 7.15. The zero-order valence-electron chi connectivity index (χ0n) is 11.1. The maximum absolute atomic E-state index is 6.42. The van der Waals surface area contributed by atoms with E-state index in [9.17, 15) is 0 Å². The minimum Gasteiger partial charge on any atom is -0.366 e. The van der Waals surface area contributed by atoms with Crippen LogP contribution in [0, 0.1) is 0 Å². The molecule has 1 spiro atoms. The summed E-state index contributed by atoms with van der Waals surface area (Å²) in [5.41, 5.74) is 2.87. The number of nitrogens with one attached hydrogen (secondary N) is 1. The largest absolute Gasteiger partial charge is 0.366 e. The van der Waals surface area contributed by atoms with Crippen molar-refractivity contribution in [3.63, 3.8) is 0 Å². The Bertz CT molecular complexity index is 472. The fraction of sp³-hybridized carbons (Fsp3) is 0.600. The Kier molecular flexibility index (Phi) is 3.04. The summed E-state index contributed by atoms with van der Waals surface area (Å²) in [7, 11) is 0. The van der Waals surface area contributed by atoms with Gasteiger partial charge < -0.3 is 10.1 Å². The van der Waals surface area contributed by atoms with E-state index in [2.05, 4.69) is 53.3 Å². The van der Waals surface area contributed by atoms with E-state index in [1.165, 1.54) is 15.6 Å². The van der Waals surface area contributed by atoms with Crippen molar-refractivity contribution in [1.29, 1.82) is 0 Å². The smallest absolute Gasteiger partial charge is 0.0857 e. The summed E-state index contributed by atoms with van der Waals surface area (Å²) in [5.74, 6) is 0. The third-order valence-electron chi connectivity index (χ3n) is 4.02. The van der Waals surface area contributed by atoms with E-state index in [1.807, 2.05) is 0 Å². The van der Waals surface area contributed by atoms with Crippen LogP contribution in [0.3, 0.4) is 0 Å². The first-order chi connectivity index (χ1) is 8.48. The van der Waals surface area contributed by atoms with Crippen molar-refractivity contribution >= 4 is 15.9 Å². The van der Waals surface area contributed by atoms with Crippen LogP contribution in [-0.4, -0.2) is 24.3 Å². The molecule has 18 heavy (non-hydrogen) atoms. The minimum absolute atomic E-state index is 0.00256. The van der Waals surface area contributed by atoms with E-state index in [0.717, 1.165) is 32.4 Å². The van der Waals surface area contributed by atoms with Gasteiger partial charge in [0.25, 0.3) is 0 Å². The molecule has 1 N–H and O–H groups in total. The lowest BCUT2D eigenvalue weighted by Gasteiger charge is -2.48. The van der Waals surface area contributed by atoms with Crippen LogP contribution >= 0.6 is 15.9 Å². The van der Waals surface area contributed by atoms with Crippen LogP contribution in [0.1, 0.15) is 31.4 Å². The van der Waals surface area contributed by atoms with Crippen molar-refractivity contribution in [1.82, 2.24) is 5.32 Å².